The van der Waals surface area contributed by atoms with E-state index in [1.165, 1.54) is 11.8 Å². The summed E-state index contributed by atoms with van der Waals surface area (Å²) in [5.41, 5.74) is 4.12. The predicted molar refractivity (Wildman–Crippen MR) is 109 cm³/mol. The van der Waals surface area contributed by atoms with Crippen molar-refractivity contribution in [3.05, 3.63) is 78.0 Å². The smallest absolute Gasteiger partial charge is 0.344 e. The van der Waals surface area contributed by atoms with E-state index < -0.39 is 12.6 Å². The molecule has 1 heterocycles. The van der Waals surface area contributed by atoms with Crippen molar-refractivity contribution in [3.63, 3.8) is 0 Å². The van der Waals surface area contributed by atoms with Gasteiger partial charge in [0.05, 0.1) is 6.21 Å². The number of aliphatic carboxylic acids is 1. The summed E-state index contributed by atoms with van der Waals surface area (Å²) < 4.78 is 7.97. The highest BCUT2D eigenvalue weighted by Gasteiger charge is 2.09. The number of fused-ring (bicyclic) bond motifs is 1. The lowest BCUT2D eigenvalue weighted by Gasteiger charge is -2.08. The van der Waals surface area contributed by atoms with Crippen LogP contribution >= 0.6 is 0 Å². The molecule has 0 saturated carbocycles. The first-order chi connectivity index (χ1) is 13.6. The highest BCUT2D eigenvalue weighted by molar-refractivity contribution is 6.00. The van der Waals surface area contributed by atoms with Gasteiger partial charge in [-0.25, -0.2) is 4.79 Å². The molecule has 0 atom stereocenters. The quantitative estimate of drug-likeness (QED) is 0.345. The zero-order valence-electron chi connectivity index (χ0n) is 15.7. The number of nitrogens with zero attached hydrogens (tertiary/aromatic N) is 2. The molecule has 0 unspecified atom stereocenters. The number of benzene rings is 2. The van der Waals surface area contributed by atoms with Crippen LogP contribution in [0.1, 0.15) is 16.7 Å². The van der Waals surface area contributed by atoms with Gasteiger partial charge in [-0.3, -0.25) is 0 Å². The number of carboxylic acids is 1. The highest BCUT2D eigenvalue weighted by atomic mass is 16.6. The second kappa shape index (κ2) is 8.90. The number of allylic oxidation sites excluding steroid dienone is 1. The summed E-state index contributed by atoms with van der Waals surface area (Å²) in [6.45, 7) is 6.48. The van der Waals surface area contributed by atoms with E-state index in [9.17, 15) is 4.79 Å². The second-order valence-corrected chi connectivity index (χ2v) is 6.38. The van der Waals surface area contributed by atoms with Crippen LogP contribution < -0.4 is 4.74 Å². The topological polar surface area (TPSA) is 73.1 Å². The molecule has 1 aromatic heterocycles. The number of aryl methyl sites for hydroxylation is 1. The molecule has 0 radical (unpaired) electrons. The minimum absolute atomic E-state index is 0.476. The van der Waals surface area contributed by atoms with Crippen LogP contribution in [0, 0.1) is 6.92 Å². The lowest BCUT2D eigenvalue weighted by molar-refractivity contribution is -0.142. The maximum atomic E-state index is 10.5. The standard InChI is InChI=1S/C22H22N2O4/c1-3-10-24-13-18(12-23-28-15-22(25)26)20-11-19(8-9-21(20)24)27-14-17-6-4-16(2)5-7-17/h3-9,11-13H,1,10,14-15H2,2H3,(H,25,26). The Kier molecular flexibility index (Phi) is 6.11. The lowest BCUT2D eigenvalue weighted by Crippen LogP contribution is -2.03. The summed E-state index contributed by atoms with van der Waals surface area (Å²) in [7, 11) is 0. The molecule has 0 amide bonds. The van der Waals surface area contributed by atoms with Gasteiger partial charge in [0.1, 0.15) is 12.4 Å². The van der Waals surface area contributed by atoms with E-state index in [0.29, 0.717) is 13.2 Å². The molecular formula is C22H22N2O4. The molecule has 6 nitrogen and oxygen atoms in total. The van der Waals surface area contributed by atoms with Gasteiger partial charge in [0.25, 0.3) is 0 Å². The van der Waals surface area contributed by atoms with Crippen molar-refractivity contribution in [1.82, 2.24) is 4.57 Å². The molecule has 28 heavy (non-hydrogen) atoms. The Hall–Kier alpha value is -3.54. The first-order valence-corrected chi connectivity index (χ1v) is 8.86. The van der Waals surface area contributed by atoms with Gasteiger partial charge in [-0.2, -0.15) is 0 Å². The Morgan fingerprint density at radius 3 is 2.75 bits per heavy atom. The van der Waals surface area contributed by atoms with Crippen LogP contribution in [0.25, 0.3) is 10.9 Å². The summed E-state index contributed by atoms with van der Waals surface area (Å²) in [5, 5.41) is 13.3. The molecule has 3 rings (SSSR count). The van der Waals surface area contributed by atoms with E-state index in [0.717, 1.165) is 27.8 Å². The minimum atomic E-state index is -1.07. The van der Waals surface area contributed by atoms with Crippen molar-refractivity contribution in [1.29, 1.82) is 0 Å². The fourth-order valence-electron chi connectivity index (χ4n) is 2.82. The van der Waals surface area contributed by atoms with E-state index in [1.54, 1.807) is 0 Å². The molecule has 0 spiro atoms. The molecule has 2 aromatic carbocycles. The van der Waals surface area contributed by atoms with Crippen molar-refractivity contribution in [2.24, 2.45) is 5.16 Å². The second-order valence-electron chi connectivity index (χ2n) is 6.38. The fourth-order valence-corrected chi connectivity index (χ4v) is 2.82. The minimum Gasteiger partial charge on any atom is -0.489 e. The van der Waals surface area contributed by atoms with Crippen LogP contribution in [-0.2, 0) is 22.8 Å². The largest absolute Gasteiger partial charge is 0.489 e. The molecule has 1 N–H and O–H groups in total. The monoisotopic (exact) mass is 378 g/mol. The number of rotatable bonds is 9. The van der Waals surface area contributed by atoms with Crippen LogP contribution in [0.4, 0.5) is 0 Å². The average molecular weight is 378 g/mol. The fraction of sp³-hybridized carbons (Fsp3) is 0.182. The maximum Gasteiger partial charge on any atom is 0.344 e. The summed E-state index contributed by atoms with van der Waals surface area (Å²) >= 11 is 0. The molecule has 144 valence electrons. The maximum absolute atomic E-state index is 10.5. The SMILES string of the molecule is C=CCn1cc(C=NOCC(=O)O)c2cc(OCc3ccc(C)cc3)ccc21. The van der Waals surface area contributed by atoms with Crippen LogP contribution in [0.5, 0.6) is 5.75 Å². The highest BCUT2D eigenvalue weighted by Crippen LogP contribution is 2.26. The van der Waals surface area contributed by atoms with Gasteiger partial charge in [0.2, 0.25) is 6.61 Å². The van der Waals surface area contributed by atoms with Gasteiger partial charge >= 0.3 is 5.97 Å². The van der Waals surface area contributed by atoms with Gasteiger partial charge in [-0.15, -0.1) is 6.58 Å². The lowest BCUT2D eigenvalue weighted by atomic mass is 10.1. The third-order valence-corrected chi connectivity index (χ3v) is 4.19. The van der Waals surface area contributed by atoms with Crippen LogP contribution in [-0.4, -0.2) is 28.5 Å². The number of oxime groups is 1. The molecule has 3 aromatic rings. The Morgan fingerprint density at radius 1 is 1.25 bits per heavy atom. The Morgan fingerprint density at radius 2 is 2.04 bits per heavy atom. The predicted octanol–water partition coefficient (Wildman–Crippen LogP) is 4.15. The van der Waals surface area contributed by atoms with Crippen molar-refractivity contribution in [3.8, 4) is 5.75 Å². The first-order valence-electron chi connectivity index (χ1n) is 8.86. The molecule has 6 heteroatoms. The van der Waals surface area contributed by atoms with Crippen LogP contribution in [0.15, 0.2) is 66.5 Å². The first kappa shape index (κ1) is 19.2. The Labute approximate surface area is 163 Å². The summed E-state index contributed by atoms with van der Waals surface area (Å²) in [5.74, 6) is -0.330. The van der Waals surface area contributed by atoms with Crippen molar-refractivity contribution >= 4 is 23.1 Å². The third-order valence-electron chi connectivity index (χ3n) is 4.19. The number of carbonyl (C=O) groups is 1. The summed E-state index contributed by atoms with van der Waals surface area (Å²) in [4.78, 5) is 15.3. The molecular weight excluding hydrogens is 356 g/mol. The number of ether oxygens (including phenoxy) is 1. The number of hydrogen-bond donors (Lipinski definition) is 1. The van der Waals surface area contributed by atoms with Gasteiger partial charge in [-0.1, -0.05) is 41.1 Å². The van der Waals surface area contributed by atoms with Gasteiger partial charge in [0.15, 0.2) is 0 Å². The Balaban J connectivity index is 1.83. The molecule has 0 aliphatic carbocycles. The zero-order valence-corrected chi connectivity index (χ0v) is 15.7. The van der Waals surface area contributed by atoms with Crippen molar-refractivity contribution < 1.29 is 19.5 Å². The van der Waals surface area contributed by atoms with E-state index in [1.807, 2.05) is 47.2 Å². The van der Waals surface area contributed by atoms with Gasteiger partial charge in [0, 0.05) is 29.2 Å². The summed E-state index contributed by atoms with van der Waals surface area (Å²) in [6.07, 6.45) is 5.24. The van der Waals surface area contributed by atoms with Crippen molar-refractivity contribution in [2.75, 3.05) is 6.61 Å². The number of hydrogen-bond acceptors (Lipinski definition) is 4. The van der Waals surface area contributed by atoms with Crippen LogP contribution in [0.2, 0.25) is 0 Å². The molecule has 0 bridgehead atoms. The zero-order chi connectivity index (χ0) is 19.9. The molecule has 0 aliphatic rings. The third kappa shape index (κ3) is 4.79. The number of aromatic nitrogens is 1. The normalized spacial score (nSPS) is 11.0. The average Bonchev–Trinajstić information content (AvgIpc) is 3.02. The van der Waals surface area contributed by atoms with Crippen LogP contribution in [0.3, 0.4) is 0 Å². The molecule has 0 saturated heterocycles. The Bertz CT molecular complexity index is 1000. The van der Waals surface area contributed by atoms with E-state index in [4.69, 9.17) is 14.7 Å². The van der Waals surface area contributed by atoms with E-state index in [-0.39, 0.29) is 0 Å². The van der Waals surface area contributed by atoms with E-state index in [2.05, 4.69) is 30.8 Å². The molecule has 0 aliphatic heterocycles. The van der Waals surface area contributed by atoms with Crippen molar-refractivity contribution in [2.45, 2.75) is 20.1 Å². The summed E-state index contributed by atoms with van der Waals surface area (Å²) in [6, 6.07) is 14.1. The number of carboxylic acid groups (broad SMARTS) is 1. The molecule has 0 fully saturated rings. The van der Waals surface area contributed by atoms with Gasteiger partial charge in [-0.05, 0) is 30.7 Å². The van der Waals surface area contributed by atoms with Gasteiger partial charge < -0.3 is 19.2 Å². The van der Waals surface area contributed by atoms with E-state index >= 15 is 0 Å².